The molecule has 0 aliphatic carbocycles. The topological polar surface area (TPSA) is 73.6 Å². The van der Waals surface area contributed by atoms with Crippen LogP contribution in [0.4, 0.5) is 17.1 Å². The van der Waals surface area contributed by atoms with Crippen LogP contribution in [-0.2, 0) is 0 Å². The molecule has 1 heterocycles. The third-order valence-corrected chi connectivity index (χ3v) is 3.09. The Balaban J connectivity index is 1.84. The number of ketones is 1. The second kappa shape index (κ2) is 4.77. The van der Waals surface area contributed by atoms with E-state index in [-0.39, 0.29) is 12.6 Å². The third-order valence-electron chi connectivity index (χ3n) is 3.09. The molecule has 1 aliphatic heterocycles. The molecule has 0 radical (unpaired) electrons. The number of carbonyl (C=O) groups excluding carboxylic acids is 1. The van der Waals surface area contributed by atoms with Gasteiger partial charge in [-0.3, -0.25) is 4.79 Å². The first-order valence-corrected chi connectivity index (χ1v) is 6.20. The van der Waals surface area contributed by atoms with Gasteiger partial charge in [-0.2, -0.15) is 0 Å². The van der Waals surface area contributed by atoms with E-state index in [1.54, 1.807) is 12.1 Å². The molecule has 0 saturated heterocycles. The molecule has 0 unspecified atom stereocenters. The lowest BCUT2D eigenvalue weighted by Crippen LogP contribution is -2.00. The van der Waals surface area contributed by atoms with E-state index >= 15 is 0 Å². The van der Waals surface area contributed by atoms with Gasteiger partial charge in [0.2, 0.25) is 6.79 Å². The maximum atomic E-state index is 11.3. The van der Waals surface area contributed by atoms with Crippen molar-refractivity contribution in [3.05, 3.63) is 42.0 Å². The van der Waals surface area contributed by atoms with Gasteiger partial charge in [-0.05, 0) is 37.3 Å². The van der Waals surface area contributed by atoms with E-state index in [2.05, 4.69) is 5.32 Å². The third kappa shape index (κ3) is 2.25. The van der Waals surface area contributed by atoms with E-state index in [4.69, 9.17) is 15.2 Å². The van der Waals surface area contributed by atoms with Crippen molar-refractivity contribution in [3.8, 4) is 11.5 Å². The monoisotopic (exact) mass is 270 g/mol. The molecule has 102 valence electrons. The molecular weight excluding hydrogens is 256 g/mol. The van der Waals surface area contributed by atoms with Gasteiger partial charge in [0.25, 0.3) is 0 Å². The van der Waals surface area contributed by atoms with E-state index in [0.29, 0.717) is 17.0 Å². The average molecular weight is 270 g/mol. The van der Waals surface area contributed by atoms with Crippen molar-refractivity contribution in [1.82, 2.24) is 0 Å². The number of rotatable bonds is 3. The van der Waals surface area contributed by atoms with Gasteiger partial charge in [0.1, 0.15) is 0 Å². The number of anilines is 3. The fourth-order valence-corrected chi connectivity index (χ4v) is 2.10. The summed E-state index contributed by atoms with van der Waals surface area (Å²) in [5.41, 5.74) is 8.53. The number of nitrogen functional groups attached to an aromatic ring is 1. The van der Waals surface area contributed by atoms with Crippen LogP contribution < -0.4 is 20.5 Å². The Hall–Kier alpha value is -2.69. The summed E-state index contributed by atoms with van der Waals surface area (Å²) < 4.78 is 10.6. The first kappa shape index (κ1) is 12.3. The molecule has 20 heavy (non-hydrogen) atoms. The molecule has 5 nitrogen and oxygen atoms in total. The maximum absolute atomic E-state index is 11.3. The van der Waals surface area contributed by atoms with Crippen molar-refractivity contribution < 1.29 is 14.3 Å². The summed E-state index contributed by atoms with van der Waals surface area (Å²) in [6.07, 6.45) is 0. The molecule has 2 aromatic rings. The lowest BCUT2D eigenvalue weighted by molar-refractivity contribution is 0.101. The van der Waals surface area contributed by atoms with Crippen molar-refractivity contribution in [3.63, 3.8) is 0 Å². The van der Waals surface area contributed by atoms with Gasteiger partial charge in [-0.15, -0.1) is 0 Å². The summed E-state index contributed by atoms with van der Waals surface area (Å²) in [7, 11) is 0. The number of fused-ring (bicyclic) bond motifs is 1. The molecule has 3 rings (SSSR count). The van der Waals surface area contributed by atoms with Gasteiger partial charge >= 0.3 is 0 Å². The zero-order valence-electron chi connectivity index (χ0n) is 11.0. The van der Waals surface area contributed by atoms with Crippen LogP contribution in [0.5, 0.6) is 11.5 Å². The Morgan fingerprint density at radius 2 is 1.80 bits per heavy atom. The summed E-state index contributed by atoms with van der Waals surface area (Å²) in [4.78, 5) is 11.3. The predicted octanol–water partition coefficient (Wildman–Crippen LogP) is 2.94. The second-order valence-corrected chi connectivity index (χ2v) is 4.55. The van der Waals surface area contributed by atoms with Gasteiger partial charge in [0, 0.05) is 28.7 Å². The minimum atomic E-state index is -0.0443. The fourth-order valence-electron chi connectivity index (χ4n) is 2.10. The quantitative estimate of drug-likeness (QED) is 0.662. The summed E-state index contributed by atoms with van der Waals surface area (Å²) in [6, 6.07) is 10.9. The van der Waals surface area contributed by atoms with E-state index in [9.17, 15) is 4.79 Å². The van der Waals surface area contributed by atoms with E-state index in [1.165, 1.54) is 6.92 Å². The number of ether oxygens (including phenoxy) is 2. The molecule has 0 bridgehead atoms. The normalized spacial score (nSPS) is 12.2. The Morgan fingerprint density at radius 3 is 2.55 bits per heavy atom. The number of benzene rings is 2. The smallest absolute Gasteiger partial charge is 0.231 e. The Labute approximate surface area is 116 Å². The number of hydrogen-bond acceptors (Lipinski definition) is 5. The minimum absolute atomic E-state index is 0.0443. The zero-order valence-corrected chi connectivity index (χ0v) is 11.0. The van der Waals surface area contributed by atoms with Crippen molar-refractivity contribution in [2.45, 2.75) is 6.92 Å². The summed E-state index contributed by atoms with van der Waals surface area (Å²) in [5, 5.41) is 3.21. The molecule has 0 amide bonds. The molecule has 0 aromatic heterocycles. The Morgan fingerprint density at radius 1 is 1.10 bits per heavy atom. The Kier molecular flexibility index (Phi) is 2.95. The van der Waals surface area contributed by atoms with E-state index in [1.807, 2.05) is 24.3 Å². The average Bonchev–Trinajstić information content (AvgIpc) is 2.85. The van der Waals surface area contributed by atoms with E-state index in [0.717, 1.165) is 17.1 Å². The lowest BCUT2D eigenvalue weighted by Gasteiger charge is -2.09. The van der Waals surface area contributed by atoms with Gasteiger partial charge in [-0.1, -0.05) is 0 Å². The van der Waals surface area contributed by atoms with Gasteiger partial charge in [0.15, 0.2) is 17.3 Å². The molecule has 0 fully saturated rings. The van der Waals surface area contributed by atoms with Crippen molar-refractivity contribution in [1.29, 1.82) is 0 Å². The molecule has 2 aromatic carbocycles. The minimum Gasteiger partial charge on any atom is -0.454 e. The summed E-state index contributed by atoms with van der Waals surface area (Å²) in [5.74, 6) is 1.41. The van der Waals surface area contributed by atoms with Gasteiger partial charge in [-0.25, -0.2) is 0 Å². The largest absolute Gasteiger partial charge is 0.454 e. The van der Waals surface area contributed by atoms with Crippen LogP contribution >= 0.6 is 0 Å². The van der Waals surface area contributed by atoms with E-state index < -0.39 is 0 Å². The van der Waals surface area contributed by atoms with Crippen LogP contribution in [0.3, 0.4) is 0 Å². The number of nitrogens with two attached hydrogens (primary N) is 1. The summed E-state index contributed by atoms with van der Waals surface area (Å²) >= 11 is 0. The van der Waals surface area contributed by atoms with Crippen LogP contribution in [0, 0.1) is 0 Å². The molecular formula is C15H14N2O3. The highest BCUT2D eigenvalue weighted by Crippen LogP contribution is 2.35. The second-order valence-electron chi connectivity index (χ2n) is 4.55. The van der Waals surface area contributed by atoms with Gasteiger partial charge < -0.3 is 20.5 Å². The van der Waals surface area contributed by atoms with Crippen molar-refractivity contribution >= 4 is 22.8 Å². The molecule has 0 saturated carbocycles. The van der Waals surface area contributed by atoms with Crippen LogP contribution in [0.1, 0.15) is 17.3 Å². The van der Waals surface area contributed by atoms with Crippen LogP contribution in [-0.4, -0.2) is 12.6 Å². The lowest BCUT2D eigenvalue weighted by atomic mass is 10.1. The van der Waals surface area contributed by atoms with Crippen LogP contribution in [0.15, 0.2) is 36.4 Å². The first-order valence-electron chi connectivity index (χ1n) is 6.20. The molecule has 0 spiro atoms. The molecule has 0 atom stereocenters. The van der Waals surface area contributed by atoms with Crippen LogP contribution in [0.2, 0.25) is 0 Å². The highest BCUT2D eigenvalue weighted by Gasteiger charge is 2.13. The highest BCUT2D eigenvalue weighted by atomic mass is 16.7. The van der Waals surface area contributed by atoms with Crippen molar-refractivity contribution in [2.24, 2.45) is 0 Å². The standard InChI is InChI=1S/C15H14N2O3/c1-9(18)12-4-2-10(6-13(12)16)17-11-3-5-14-15(7-11)20-8-19-14/h2-7,17H,8,16H2,1H3. The molecule has 3 N–H and O–H groups in total. The fraction of sp³-hybridized carbons (Fsp3) is 0.133. The number of hydrogen-bond donors (Lipinski definition) is 2. The highest BCUT2D eigenvalue weighted by molar-refractivity contribution is 5.99. The predicted molar refractivity (Wildman–Crippen MR) is 76.7 cm³/mol. The maximum Gasteiger partial charge on any atom is 0.231 e. The summed E-state index contributed by atoms with van der Waals surface area (Å²) in [6.45, 7) is 1.75. The first-order chi connectivity index (χ1) is 9.63. The number of carbonyl (C=O) groups is 1. The number of nitrogens with one attached hydrogen (secondary N) is 1. The van der Waals surface area contributed by atoms with Gasteiger partial charge in [0.05, 0.1) is 0 Å². The SMILES string of the molecule is CC(=O)c1ccc(Nc2ccc3c(c2)OCO3)cc1N. The Bertz CT molecular complexity index is 683. The van der Waals surface area contributed by atoms with Crippen molar-refractivity contribution in [2.75, 3.05) is 17.8 Å². The van der Waals surface area contributed by atoms with Crippen LogP contribution in [0.25, 0.3) is 0 Å². The molecule has 1 aliphatic rings. The molecule has 5 heteroatoms. The number of Topliss-reactive ketones (excluding diaryl/α,β-unsaturated/α-hetero) is 1. The zero-order chi connectivity index (χ0) is 14.1.